The molecular weight excluding hydrogens is 648 g/mol. The first-order chi connectivity index (χ1) is 23.5. The van der Waals surface area contributed by atoms with Crippen LogP contribution in [0.1, 0.15) is 58.1 Å². The molecule has 3 N–H and O–H groups in total. The third-order valence-electron chi connectivity index (χ3n) is 9.01. The van der Waals surface area contributed by atoms with Gasteiger partial charge in [-0.3, -0.25) is 4.79 Å². The summed E-state index contributed by atoms with van der Waals surface area (Å²) in [7, 11) is -4.15. The number of nitrogens with one attached hydrogen (secondary N) is 2. The van der Waals surface area contributed by atoms with E-state index in [1.807, 2.05) is 50.4 Å². The summed E-state index contributed by atoms with van der Waals surface area (Å²) in [6.07, 6.45) is 1.74. The third kappa shape index (κ3) is 9.01. The van der Waals surface area contributed by atoms with Crippen molar-refractivity contribution in [3.8, 4) is 0 Å². The van der Waals surface area contributed by atoms with Crippen LogP contribution in [0.3, 0.4) is 0 Å². The van der Waals surface area contributed by atoms with Crippen molar-refractivity contribution in [3.05, 3.63) is 65.9 Å². The summed E-state index contributed by atoms with van der Waals surface area (Å²) >= 11 is 0. The van der Waals surface area contributed by atoms with Crippen LogP contribution in [0.25, 0.3) is 5.57 Å². The van der Waals surface area contributed by atoms with Gasteiger partial charge in [0.2, 0.25) is 10.0 Å². The zero-order valence-corrected chi connectivity index (χ0v) is 29.7. The van der Waals surface area contributed by atoms with Crippen molar-refractivity contribution in [2.24, 2.45) is 11.8 Å². The highest BCUT2D eigenvalue weighted by Crippen LogP contribution is 2.35. The van der Waals surface area contributed by atoms with E-state index in [0.717, 1.165) is 37.9 Å². The Labute approximate surface area is 289 Å². The predicted octanol–water partition coefficient (Wildman–Crippen LogP) is 4.21. The van der Waals surface area contributed by atoms with Gasteiger partial charge in [0.1, 0.15) is 6.10 Å². The zero-order chi connectivity index (χ0) is 35.1. The summed E-state index contributed by atoms with van der Waals surface area (Å²) in [6.45, 7) is 10.1. The van der Waals surface area contributed by atoms with Gasteiger partial charge < -0.3 is 34.9 Å². The number of aliphatic hydroxyl groups is 1. The van der Waals surface area contributed by atoms with Crippen molar-refractivity contribution in [1.82, 2.24) is 14.5 Å². The minimum Gasteiger partial charge on any atom is -0.443 e. The van der Waals surface area contributed by atoms with E-state index in [1.54, 1.807) is 6.07 Å². The van der Waals surface area contributed by atoms with E-state index in [9.17, 15) is 23.1 Å². The molecule has 2 fully saturated rings. The first-order valence-corrected chi connectivity index (χ1v) is 18.8. The van der Waals surface area contributed by atoms with Gasteiger partial charge in [-0.2, -0.15) is 4.31 Å². The molecule has 0 radical (unpaired) electrons. The summed E-state index contributed by atoms with van der Waals surface area (Å²) in [5.74, 6) is -0.399. The molecule has 0 bridgehead atoms. The highest BCUT2D eigenvalue weighted by atomic mass is 32.2. The summed E-state index contributed by atoms with van der Waals surface area (Å²) < 4.78 is 46.7. The third-order valence-corrected chi connectivity index (χ3v) is 10.8. The van der Waals surface area contributed by atoms with E-state index < -0.39 is 34.4 Å². The second-order valence-electron chi connectivity index (χ2n) is 13.4. The summed E-state index contributed by atoms with van der Waals surface area (Å²) in [6, 6.07) is 13.1. The number of sulfonamides is 1. The van der Waals surface area contributed by atoms with Crippen LogP contribution in [-0.4, -0.2) is 98.7 Å². The van der Waals surface area contributed by atoms with E-state index in [0.29, 0.717) is 23.4 Å². The number of anilines is 1. The number of aliphatic hydroxyl groups excluding tert-OH is 1. The zero-order valence-electron chi connectivity index (χ0n) is 28.8. The molecule has 2 unspecified atom stereocenters. The first-order valence-electron chi connectivity index (χ1n) is 17.3. The second kappa shape index (κ2) is 16.5. The molecule has 5 rings (SSSR count). The molecule has 3 aliphatic heterocycles. The van der Waals surface area contributed by atoms with Crippen LogP contribution in [-0.2, 0) is 35.4 Å². The fourth-order valence-electron chi connectivity index (χ4n) is 6.64. The monoisotopic (exact) mass is 698 g/mol. The standard InChI is InChI=1S/C36H50N4O8S/c1-5-15-39(16-6-2)21-29-28-19-26(12-13-30(28)37-34(29)42)49(44,45)40(20-24(3)4)22-32(41)31(18-25-10-8-7-9-11-25)38-36(43)48-33-23-47-35-27(33)14-17-46-35/h7-13,19,21,24,27,31-33,35,41H,5-6,14-18,20,22-23H2,1-4H3,(H,37,42)(H,38,43)/b29-21-/t27?,31-,32+,33-,35?/m0/s1. The second-order valence-corrected chi connectivity index (χ2v) is 15.4. The van der Waals surface area contributed by atoms with Crippen molar-refractivity contribution in [3.63, 3.8) is 0 Å². The molecule has 13 heteroatoms. The maximum absolute atomic E-state index is 14.3. The quantitative estimate of drug-likeness (QED) is 0.220. The summed E-state index contributed by atoms with van der Waals surface area (Å²) in [5, 5.41) is 17.3. The minimum atomic E-state index is -4.15. The van der Waals surface area contributed by atoms with Crippen LogP contribution in [0.5, 0.6) is 0 Å². The molecule has 0 aromatic heterocycles. The van der Waals surface area contributed by atoms with Gasteiger partial charge in [-0.25, -0.2) is 13.2 Å². The van der Waals surface area contributed by atoms with Gasteiger partial charge >= 0.3 is 6.09 Å². The fourth-order valence-corrected chi connectivity index (χ4v) is 8.29. The molecule has 0 aliphatic carbocycles. The van der Waals surface area contributed by atoms with Crippen LogP contribution in [0.2, 0.25) is 0 Å². The molecule has 2 amide bonds. The maximum Gasteiger partial charge on any atom is 0.407 e. The fraction of sp³-hybridized carbons (Fsp3) is 0.556. The highest BCUT2D eigenvalue weighted by molar-refractivity contribution is 7.89. The van der Waals surface area contributed by atoms with Crippen molar-refractivity contribution < 1.29 is 37.3 Å². The van der Waals surface area contributed by atoms with Crippen LogP contribution < -0.4 is 10.6 Å². The molecule has 2 aromatic rings. The van der Waals surface area contributed by atoms with E-state index in [-0.39, 0.29) is 55.0 Å². The van der Waals surface area contributed by atoms with E-state index in [2.05, 4.69) is 29.4 Å². The molecule has 49 heavy (non-hydrogen) atoms. The molecule has 0 spiro atoms. The van der Waals surface area contributed by atoms with Gasteiger partial charge in [-0.15, -0.1) is 0 Å². The molecular formula is C36H50N4O8S. The number of hydrogen-bond acceptors (Lipinski definition) is 9. The molecule has 3 heterocycles. The van der Waals surface area contributed by atoms with Crippen LogP contribution in [0.15, 0.2) is 59.6 Å². The average molecular weight is 699 g/mol. The van der Waals surface area contributed by atoms with E-state index in [4.69, 9.17) is 14.2 Å². The smallest absolute Gasteiger partial charge is 0.407 e. The molecule has 3 aliphatic rings. The number of alkyl carbamates (subject to hydrolysis) is 1. The predicted molar refractivity (Wildman–Crippen MR) is 186 cm³/mol. The van der Waals surface area contributed by atoms with Crippen molar-refractivity contribution >= 4 is 33.3 Å². The van der Waals surface area contributed by atoms with Crippen LogP contribution in [0, 0.1) is 11.8 Å². The number of ether oxygens (including phenoxy) is 3. The largest absolute Gasteiger partial charge is 0.443 e. The van der Waals surface area contributed by atoms with Crippen LogP contribution in [0.4, 0.5) is 10.5 Å². The maximum atomic E-state index is 14.3. The number of rotatable bonds is 16. The number of amides is 2. The van der Waals surface area contributed by atoms with Gasteiger partial charge in [0.15, 0.2) is 6.29 Å². The van der Waals surface area contributed by atoms with Gasteiger partial charge in [-0.1, -0.05) is 58.0 Å². The summed E-state index contributed by atoms with van der Waals surface area (Å²) in [4.78, 5) is 28.3. The molecule has 2 saturated heterocycles. The van der Waals surface area contributed by atoms with E-state index >= 15 is 0 Å². The Kier molecular flexibility index (Phi) is 12.4. The van der Waals surface area contributed by atoms with Crippen LogP contribution >= 0.6 is 0 Å². The average Bonchev–Trinajstić information content (AvgIpc) is 3.76. The Morgan fingerprint density at radius 2 is 1.84 bits per heavy atom. The van der Waals surface area contributed by atoms with Crippen molar-refractivity contribution in [1.29, 1.82) is 0 Å². The van der Waals surface area contributed by atoms with Gasteiger partial charge in [0.05, 0.1) is 41.7 Å². The summed E-state index contributed by atoms with van der Waals surface area (Å²) in [5.41, 5.74) is 2.34. The Hall–Kier alpha value is -3.49. The SMILES string of the molecule is CCCN(/C=C1\C(=O)Nc2ccc(S(=O)(=O)N(CC(C)C)C[C@@H](O)[C@H](Cc3ccccc3)NC(=O)O[C@H]3COC4OCCC43)cc21)CCC. The molecule has 2 aromatic carbocycles. The lowest BCUT2D eigenvalue weighted by atomic mass is 10.0. The number of carbonyl (C=O) groups is 2. The number of carbonyl (C=O) groups excluding carboxylic acids is 2. The van der Waals surface area contributed by atoms with Crippen molar-refractivity contribution in [2.45, 2.75) is 82.8 Å². The van der Waals surface area contributed by atoms with Gasteiger partial charge in [0, 0.05) is 43.6 Å². The lowest BCUT2D eigenvalue weighted by Crippen LogP contribution is -2.51. The Morgan fingerprint density at radius 3 is 2.53 bits per heavy atom. The Balaban J connectivity index is 1.38. The lowest BCUT2D eigenvalue weighted by Gasteiger charge is -2.31. The molecule has 5 atom stereocenters. The number of hydrogen-bond donors (Lipinski definition) is 3. The number of nitrogens with zero attached hydrogens (tertiary/aromatic N) is 2. The minimum absolute atomic E-state index is 0.0144. The molecule has 0 saturated carbocycles. The van der Waals surface area contributed by atoms with Crippen molar-refractivity contribution in [2.75, 3.05) is 44.7 Å². The highest BCUT2D eigenvalue weighted by Gasteiger charge is 2.44. The topological polar surface area (TPSA) is 147 Å². The lowest BCUT2D eigenvalue weighted by molar-refractivity contribution is -0.110. The number of benzene rings is 2. The molecule has 268 valence electrons. The number of fused-ring (bicyclic) bond motifs is 2. The Bertz CT molecular complexity index is 1580. The van der Waals surface area contributed by atoms with Gasteiger partial charge in [0.25, 0.3) is 5.91 Å². The Morgan fingerprint density at radius 1 is 1.10 bits per heavy atom. The first kappa shape index (κ1) is 36.8. The normalized spacial score (nSPS) is 22.2. The van der Waals surface area contributed by atoms with E-state index in [1.165, 1.54) is 16.4 Å². The molecule has 12 nitrogen and oxygen atoms in total. The van der Waals surface area contributed by atoms with Gasteiger partial charge in [-0.05, 0) is 55.4 Å².